The standard InChI is InChI=1S/C12H20N4OS2/c1-5-6-9-10-11(15(3)14-9)16(12(18)13-10)7-8(2)19(4)17/h8H,5-7H2,1-4H3,(H,13,18). The predicted octanol–water partition coefficient (Wildman–Crippen LogP) is 2.15. The van der Waals surface area contributed by atoms with Crippen molar-refractivity contribution in [3.05, 3.63) is 10.5 Å². The van der Waals surface area contributed by atoms with E-state index in [-0.39, 0.29) is 5.25 Å². The highest BCUT2D eigenvalue weighted by Crippen LogP contribution is 2.19. The van der Waals surface area contributed by atoms with Crippen LogP contribution in [0.4, 0.5) is 0 Å². The number of hydrogen-bond acceptors (Lipinski definition) is 3. The molecule has 0 aliphatic heterocycles. The number of rotatable bonds is 5. The highest BCUT2D eigenvalue weighted by molar-refractivity contribution is 7.84. The molecular formula is C12H20N4OS2. The van der Waals surface area contributed by atoms with Crippen LogP contribution in [0, 0.1) is 4.77 Å². The molecule has 0 saturated heterocycles. The van der Waals surface area contributed by atoms with E-state index < -0.39 is 10.8 Å². The molecule has 106 valence electrons. The Morgan fingerprint density at radius 3 is 2.79 bits per heavy atom. The Balaban J connectivity index is 2.52. The number of aromatic amines is 1. The Morgan fingerprint density at radius 1 is 1.53 bits per heavy atom. The fraction of sp³-hybridized carbons (Fsp3) is 0.667. The highest BCUT2D eigenvalue weighted by Gasteiger charge is 2.17. The summed E-state index contributed by atoms with van der Waals surface area (Å²) in [6.45, 7) is 4.75. The van der Waals surface area contributed by atoms with Gasteiger partial charge in [-0.2, -0.15) is 5.10 Å². The minimum absolute atomic E-state index is 0.0650. The van der Waals surface area contributed by atoms with Crippen molar-refractivity contribution in [2.45, 2.75) is 38.5 Å². The summed E-state index contributed by atoms with van der Waals surface area (Å²) in [7, 11) is 1.06. The average Bonchev–Trinajstić information content (AvgIpc) is 2.80. The fourth-order valence-corrected chi connectivity index (χ4v) is 2.84. The zero-order chi connectivity index (χ0) is 14.2. The van der Waals surface area contributed by atoms with Gasteiger partial charge in [-0.25, -0.2) is 0 Å². The molecule has 0 fully saturated rings. The molecule has 0 radical (unpaired) electrons. The molecule has 19 heavy (non-hydrogen) atoms. The van der Waals surface area contributed by atoms with Crippen molar-refractivity contribution in [2.75, 3.05) is 6.26 Å². The normalized spacial score (nSPS) is 14.9. The first-order chi connectivity index (χ1) is 8.95. The van der Waals surface area contributed by atoms with E-state index in [0.29, 0.717) is 11.3 Å². The maximum atomic E-state index is 11.5. The molecule has 0 spiro atoms. The molecule has 2 aromatic heterocycles. The van der Waals surface area contributed by atoms with E-state index in [1.165, 1.54) is 0 Å². The summed E-state index contributed by atoms with van der Waals surface area (Å²) in [6, 6.07) is 0. The molecule has 2 aromatic rings. The van der Waals surface area contributed by atoms with Gasteiger partial charge in [0, 0.05) is 35.9 Å². The van der Waals surface area contributed by atoms with Crippen molar-refractivity contribution >= 4 is 34.2 Å². The molecule has 2 heterocycles. The Morgan fingerprint density at radius 2 is 2.21 bits per heavy atom. The average molecular weight is 300 g/mol. The quantitative estimate of drug-likeness (QED) is 0.861. The van der Waals surface area contributed by atoms with Gasteiger partial charge in [-0.3, -0.25) is 8.89 Å². The van der Waals surface area contributed by atoms with Crippen LogP contribution in [0.5, 0.6) is 0 Å². The summed E-state index contributed by atoms with van der Waals surface area (Å²) in [5.41, 5.74) is 3.06. The molecule has 0 saturated carbocycles. The van der Waals surface area contributed by atoms with Gasteiger partial charge in [-0.15, -0.1) is 0 Å². The summed E-state index contributed by atoms with van der Waals surface area (Å²) in [6.07, 6.45) is 3.71. The molecule has 0 bridgehead atoms. The summed E-state index contributed by atoms with van der Waals surface area (Å²) < 4.78 is 16.1. The number of fused-ring (bicyclic) bond motifs is 1. The van der Waals surface area contributed by atoms with Crippen LogP contribution in [0.3, 0.4) is 0 Å². The van der Waals surface area contributed by atoms with Gasteiger partial charge in [-0.05, 0) is 25.6 Å². The second kappa shape index (κ2) is 5.58. The lowest BCUT2D eigenvalue weighted by Crippen LogP contribution is -2.18. The lowest BCUT2D eigenvalue weighted by Gasteiger charge is -2.10. The molecule has 0 aromatic carbocycles. The van der Waals surface area contributed by atoms with Crippen LogP contribution < -0.4 is 0 Å². The molecule has 7 heteroatoms. The van der Waals surface area contributed by atoms with Crippen LogP contribution in [0.15, 0.2) is 0 Å². The summed E-state index contributed by atoms with van der Waals surface area (Å²) in [4.78, 5) is 3.24. The Labute approximate surface area is 120 Å². The molecule has 1 N–H and O–H groups in total. The minimum atomic E-state index is -0.860. The predicted molar refractivity (Wildman–Crippen MR) is 81.4 cm³/mol. The number of aromatic nitrogens is 4. The van der Waals surface area contributed by atoms with Crippen LogP contribution in [0.2, 0.25) is 0 Å². The number of H-pyrrole nitrogens is 1. The van der Waals surface area contributed by atoms with Crippen LogP contribution in [0.25, 0.3) is 11.2 Å². The van der Waals surface area contributed by atoms with E-state index in [0.717, 1.165) is 29.7 Å². The first kappa shape index (κ1) is 14.5. The fourth-order valence-electron chi connectivity index (χ4n) is 2.22. The third kappa shape index (κ3) is 2.67. The van der Waals surface area contributed by atoms with Gasteiger partial charge in [0.25, 0.3) is 0 Å². The first-order valence-electron chi connectivity index (χ1n) is 6.42. The molecule has 0 aliphatic carbocycles. The molecule has 0 amide bonds. The van der Waals surface area contributed by atoms with Gasteiger partial charge in [-0.1, -0.05) is 13.3 Å². The third-order valence-corrected chi connectivity index (χ3v) is 4.92. The third-order valence-electron chi connectivity index (χ3n) is 3.32. The van der Waals surface area contributed by atoms with Crippen molar-refractivity contribution in [2.24, 2.45) is 7.05 Å². The summed E-state index contributed by atoms with van der Waals surface area (Å²) in [5, 5.41) is 4.60. The number of imidazole rings is 1. The van der Waals surface area contributed by atoms with E-state index in [1.807, 2.05) is 23.2 Å². The topological polar surface area (TPSA) is 55.6 Å². The van der Waals surface area contributed by atoms with Crippen LogP contribution in [0.1, 0.15) is 26.0 Å². The number of nitrogens with zero attached hydrogens (tertiary/aromatic N) is 3. The van der Waals surface area contributed by atoms with Crippen LogP contribution in [-0.4, -0.2) is 35.0 Å². The molecular weight excluding hydrogens is 280 g/mol. The number of nitrogens with one attached hydrogen (secondary N) is 1. The lowest BCUT2D eigenvalue weighted by molar-refractivity contribution is 0.631. The SMILES string of the molecule is CCCc1nn(C)c2c1[nH]c(=S)n2CC(C)S(C)=O. The van der Waals surface area contributed by atoms with E-state index in [9.17, 15) is 4.21 Å². The Kier molecular flexibility index (Phi) is 4.25. The molecule has 2 unspecified atom stereocenters. The van der Waals surface area contributed by atoms with Gasteiger partial charge in [0.1, 0.15) is 5.52 Å². The monoisotopic (exact) mass is 300 g/mol. The van der Waals surface area contributed by atoms with Crippen molar-refractivity contribution < 1.29 is 4.21 Å². The smallest absolute Gasteiger partial charge is 0.179 e. The molecule has 0 aliphatic rings. The summed E-state index contributed by atoms with van der Waals surface area (Å²) in [5.74, 6) is 0. The zero-order valence-electron chi connectivity index (χ0n) is 11.8. The van der Waals surface area contributed by atoms with Crippen molar-refractivity contribution in [1.29, 1.82) is 0 Å². The van der Waals surface area contributed by atoms with Gasteiger partial charge in [0.05, 0.1) is 5.69 Å². The van der Waals surface area contributed by atoms with Crippen molar-refractivity contribution in [3.63, 3.8) is 0 Å². The van der Waals surface area contributed by atoms with Gasteiger partial charge >= 0.3 is 0 Å². The van der Waals surface area contributed by atoms with E-state index in [1.54, 1.807) is 6.26 Å². The van der Waals surface area contributed by atoms with E-state index >= 15 is 0 Å². The number of aryl methyl sites for hydroxylation is 2. The van der Waals surface area contributed by atoms with E-state index in [2.05, 4.69) is 17.0 Å². The first-order valence-corrected chi connectivity index (χ1v) is 8.45. The highest BCUT2D eigenvalue weighted by atomic mass is 32.2. The second-order valence-corrected chi connectivity index (χ2v) is 7.06. The minimum Gasteiger partial charge on any atom is -0.328 e. The van der Waals surface area contributed by atoms with Crippen LogP contribution in [-0.2, 0) is 30.8 Å². The Bertz CT molecular complexity index is 667. The van der Waals surface area contributed by atoms with Crippen molar-refractivity contribution in [1.82, 2.24) is 19.3 Å². The molecule has 2 atom stereocenters. The maximum Gasteiger partial charge on any atom is 0.179 e. The number of hydrogen-bond donors (Lipinski definition) is 1. The van der Waals surface area contributed by atoms with Crippen molar-refractivity contribution in [3.8, 4) is 0 Å². The van der Waals surface area contributed by atoms with Gasteiger partial charge < -0.3 is 9.55 Å². The van der Waals surface area contributed by atoms with Crippen LogP contribution >= 0.6 is 12.2 Å². The van der Waals surface area contributed by atoms with Gasteiger partial charge in [0.15, 0.2) is 10.4 Å². The van der Waals surface area contributed by atoms with Gasteiger partial charge in [0.2, 0.25) is 0 Å². The largest absolute Gasteiger partial charge is 0.328 e. The Hall–Kier alpha value is -0.950. The zero-order valence-corrected chi connectivity index (χ0v) is 13.4. The molecule has 2 rings (SSSR count). The van der Waals surface area contributed by atoms with E-state index in [4.69, 9.17) is 12.2 Å². The second-order valence-electron chi connectivity index (χ2n) is 4.87. The maximum absolute atomic E-state index is 11.5. The lowest BCUT2D eigenvalue weighted by atomic mass is 10.2. The molecule has 5 nitrogen and oxygen atoms in total. The summed E-state index contributed by atoms with van der Waals surface area (Å²) >= 11 is 5.38.